The van der Waals surface area contributed by atoms with Crippen molar-refractivity contribution >= 4 is 11.9 Å². The van der Waals surface area contributed by atoms with Gasteiger partial charge in [-0.1, -0.05) is 76.8 Å². The predicted octanol–water partition coefficient (Wildman–Crippen LogP) is 5.91. The molecule has 2 aliphatic carbocycles. The van der Waals surface area contributed by atoms with Gasteiger partial charge < -0.3 is 19.7 Å². The van der Waals surface area contributed by atoms with Crippen molar-refractivity contribution in [3.63, 3.8) is 0 Å². The molecule has 0 saturated heterocycles. The number of carbonyl (C=O) groups is 2. The van der Waals surface area contributed by atoms with E-state index < -0.39 is 25.2 Å². The van der Waals surface area contributed by atoms with Gasteiger partial charge in [-0.05, 0) is 79.4 Å². The van der Waals surface area contributed by atoms with Crippen molar-refractivity contribution in [3.8, 4) is 0 Å². The summed E-state index contributed by atoms with van der Waals surface area (Å²) in [5.41, 5.74) is 4.64. The molecule has 2 aliphatic rings. The van der Waals surface area contributed by atoms with Gasteiger partial charge in [-0.25, -0.2) is 9.59 Å². The molecule has 0 radical (unpaired) electrons. The number of ether oxygens (including phenoxy) is 2. The molecule has 1 aromatic rings. The second-order valence-electron chi connectivity index (χ2n) is 12.0. The van der Waals surface area contributed by atoms with E-state index in [2.05, 4.69) is 38.3 Å². The molecule has 0 bridgehead atoms. The Labute approximate surface area is 240 Å². The van der Waals surface area contributed by atoms with Gasteiger partial charge in [0.05, 0.1) is 37.6 Å². The molecule has 40 heavy (non-hydrogen) atoms. The SMILES string of the molecule is C=C(CO)C(=O)OCC(COC(=O)C(=C)CO)C1CCC(CCCCc2ccc3c(c2)CCC(CCC)C3)CC1. The molecule has 0 aliphatic heterocycles. The summed E-state index contributed by atoms with van der Waals surface area (Å²) >= 11 is 0. The molecule has 0 heterocycles. The molecular formula is C34H50O6. The minimum Gasteiger partial charge on any atom is -0.462 e. The van der Waals surface area contributed by atoms with E-state index in [1.165, 1.54) is 56.9 Å². The topological polar surface area (TPSA) is 93.1 Å². The molecule has 0 spiro atoms. The third-order valence-corrected chi connectivity index (χ3v) is 9.00. The Hall–Kier alpha value is -2.44. The highest BCUT2D eigenvalue weighted by Crippen LogP contribution is 2.36. The standard InChI is InChI=1S/C34H50O6/c1-4-7-27-12-16-31-19-28(13-17-30(31)18-27)9-6-5-8-26-10-14-29(15-11-26)32(22-39-33(37)24(2)20-35)23-40-34(38)25(3)21-36/h13,17,19,26-27,29,32,35-36H,2-12,14-16,18,20-23H2,1H3. The number of hydrogen-bond acceptors (Lipinski definition) is 6. The number of fused-ring (bicyclic) bond motifs is 1. The number of esters is 2. The molecule has 1 saturated carbocycles. The van der Waals surface area contributed by atoms with Crippen molar-refractivity contribution in [3.05, 3.63) is 59.2 Å². The summed E-state index contributed by atoms with van der Waals surface area (Å²) < 4.78 is 10.7. The Morgan fingerprint density at radius 3 is 2.12 bits per heavy atom. The van der Waals surface area contributed by atoms with Crippen LogP contribution in [0.4, 0.5) is 0 Å². The fourth-order valence-corrected chi connectivity index (χ4v) is 6.42. The van der Waals surface area contributed by atoms with Gasteiger partial charge in [-0.3, -0.25) is 0 Å². The van der Waals surface area contributed by atoms with E-state index in [0.717, 1.165) is 38.0 Å². The number of unbranched alkanes of at least 4 members (excludes halogenated alkanes) is 1. The molecule has 1 atom stereocenters. The molecule has 3 rings (SSSR count). The Bertz CT molecular complexity index is 958. The zero-order valence-electron chi connectivity index (χ0n) is 24.5. The van der Waals surface area contributed by atoms with Crippen LogP contribution in [-0.2, 0) is 38.3 Å². The van der Waals surface area contributed by atoms with Gasteiger partial charge in [0, 0.05) is 5.92 Å². The van der Waals surface area contributed by atoms with Crippen LogP contribution in [0.2, 0.25) is 0 Å². The number of rotatable bonds is 16. The second kappa shape index (κ2) is 16.7. The average molecular weight is 555 g/mol. The Morgan fingerprint density at radius 2 is 1.52 bits per heavy atom. The van der Waals surface area contributed by atoms with Crippen LogP contribution in [-0.4, -0.2) is 48.6 Å². The lowest BCUT2D eigenvalue weighted by Gasteiger charge is -2.33. The molecule has 0 aromatic heterocycles. The molecule has 222 valence electrons. The summed E-state index contributed by atoms with van der Waals surface area (Å²) in [5, 5.41) is 18.3. The first-order valence-electron chi connectivity index (χ1n) is 15.4. The largest absolute Gasteiger partial charge is 0.462 e. The maximum Gasteiger partial charge on any atom is 0.335 e. The predicted molar refractivity (Wildman–Crippen MR) is 158 cm³/mol. The van der Waals surface area contributed by atoms with Crippen LogP contribution < -0.4 is 0 Å². The van der Waals surface area contributed by atoms with Gasteiger partial charge in [-0.2, -0.15) is 0 Å². The Kier molecular flexibility index (Phi) is 13.4. The van der Waals surface area contributed by atoms with Crippen molar-refractivity contribution in [1.82, 2.24) is 0 Å². The Balaban J connectivity index is 1.41. The van der Waals surface area contributed by atoms with Crippen LogP contribution >= 0.6 is 0 Å². The first-order chi connectivity index (χ1) is 19.3. The van der Waals surface area contributed by atoms with Crippen LogP contribution in [0.1, 0.15) is 87.8 Å². The molecule has 6 heteroatoms. The van der Waals surface area contributed by atoms with Crippen molar-refractivity contribution in [2.24, 2.45) is 23.7 Å². The van der Waals surface area contributed by atoms with Gasteiger partial charge in [0.25, 0.3) is 0 Å². The normalized spacial score (nSPS) is 20.6. The summed E-state index contributed by atoms with van der Waals surface area (Å²) in [6, 6.07) is 7.20. The van der Waals surface area contributed by atoms with E-state index in [1.54, 1.807) is 11.1 Å². The molecular weight excluding hydrogens is 504 g/mol. The monoisotopic (exact) mass is 554 g/mol. The summed E-state index contributed by atoms with van der Waals surface area (Å²) in [7, 11) is 0. The van der Waals surface area contributed by atoms with Crippen molar-refractivity contribution < 1.29 is 29.3 Å². The first kappa shape index (κ1) is 32.1. The van der Waals surface area contributed by atoms with Crippen LogP contribution in [0, 0.1) is 23.7 Å². The summed E-state index contributed by atoms with van der Waals surface area (Å²) in [4.78, 5) is 24.1. The summed E-state index contributed by atoms with van der Waals surface area (Å²) in [6.45, 7) is 8.62. The molecule has 1 fully saturated rings. The summed E-state index contributed by atoms with van der Waals surface area (Å²) in [5.74, 6) is 0.432. The van der Waals surface area contributed by atoms with E-state index in [9.17, 15) is 9.59 Å². The highest BCUT2D eigenvalue weighted by atomic mass is 16.5. The minimum absolute atomic E-state index is 0.00381. The number of aliphatic hydroxyl groups excluding tert-OH is 2. The summed E-state index contributed by atoms with van der Waals surface area (Å²) in [6.07, 6.45) is 15.5. The Morgan fingerprint density at radius 1 is 0.875 bits per heavy atom. The van der Waals surface area contributed by atoms with Gasteiger partial charge >= 0.3 is 11.9 Å². The van der Waals surface area contributed by atoms with Gasteiger partial charge in [0.2, 0.25) is 0 Å². The maximum atomic E-state index is 12.0. The minimum atomic E-state index is -0.633. The van der Waals surface area contributed by atoms with Crippen molar-refractivity contribution in [2.75, 3.05) is 26.4 Å². The van der Waals surface area contributed by atoms with E-state index in [0.29, 0.717) is 5.92 Å². The zero-order chi connectivity index (χ0) is 28.9. The van der Waals surface area contributed by atoms with Gasteiger partial charge in [0.15, 0.2) is 0 Å². The molecule has 6 nitrogen and oxygen atoms in total. The highest BCUT2D eigenvalue weighted by molar-refractivity contribution is 5.88. The quantitative estimate of drug-likeness (QED) is 0.150. The van der Waals surface area contributed by atoms with E-state index in [4.69, 9.17) is 19.7 Å². The lowest BCUT2D eigenvalue weighted by atomic mass is 9.74. The highest BCUT2D eigenvalue weighted by Gasteiger charge is 2.30. The number of benzene rings is 1. The molecule has 1 aromatic carbocycles. The lowest BCUT2D eigenvalue weighted by Crippen LogP contribution is -2.31. The third kappa shape index (κ3) is 9.88. The fourth-order valence-electron chi connectivity index (χ4n) is 6.42. The van der Waals surface area contributed by atoms with E-state index in [1.807, 2.05) is 0 Å². The van der Waals surface area contributed by atoms with Gasteiger partial charge in [0.1, 0.15) is 0 Å². The number of aliphatic hydroxyl groups is 2. The molecule has 0 amide bonds. The average Bonchev–Trinajstić information content (AvgIpc) is 2.98. The lowest BCUT2D eigenvalue weighted by molar-refractivity contribution is -0.146. The third-order valence-electron chi connectivity index (χ3n) is 9.00. The second-order valence-corrected chi connectivity index (χ2v) is 12.0. The van der Waals surface area contributed by atoms with Crippen LogP contribution in [0.3, 0.4) is 0 Å². The maximum absolute atomic E-state index is 12.0. The number of carbonyl (C=O) groups excluding carboxylic acids is 2. The van der Waals surface area contributed by atoms with Crippen molar-refractivity contribution in [2.45, 2.75) is 90.4 Å². The number of hydrogen-bond donors (Lipinski definition) is 2. The van der Waals surface area contributed by atoms with Crippen LogP contribution in [0.25, 0.3) is 0 Å². The first-order valence-corrected chi connectivity index (χ1v) is 15.4. The number of aryl methyl sites for hydroxylation is 2. The fraction of sp³-hybridized carbons (Fsp3) is 0.647. The van der Waals surface area contributed by atoms with Crippen molar-refractivity contribution in [1.29, 1.82) is 0 Å². The van der Waals surface area contributed by atoms with E-state index >= 15 is 0 Å². The van der Waals surface area contributed by atoms with E-state index in [-0.39, 0.29) is 36.2 Å². The van der Waals surface area contributed by atoms with Crippen LogP contribution in [0.5, 0.6) is 0 Å². The van der Waals surface area contributed by atoms with Crippen LogP contribution in [0.15, 0.2) is 42.5 Å². The molecule has 1 unspecified atom stereocenters. The molecule has 2 N–H and O–H groups in total. The van der Waals surface area contributed by atoms with Gasteiger partial charge in [-0.15, -0.1) is 0 Å². The zero-order valence-corrected chi connectivity index (χ0v) is 24.5. The smallest absolute Gasteiger partial charge is 0.335 e.